The number of primary amides is 1. The van der Waals surface area contributed by atoms with Crippen molar-refractivity contribution < 1.29 is 14.4 Å². The fourth-order valence-electron chi connectivity index (χ4n) is 2.20. The third kappa shape index (κ3) is 8.61. The lowest BCUT2D eigenvalue weighted by Crippen LogP contribution is -2.53. The van der Waals surface area contributed by atoms with Crippen LogP contribution < -0.4 is 21.7 Å². The van der Waals surface area contributed by atoms with Gasteiger partial charge in [0.15, 0.2) is 5.78 Å². The number of carbonyl (C=O) groups is 3. The monoisotopic (exact) mass is 314 g/mol. The predicted octanol–water partition coefficient (Wildman–Crippen LogP) is 0.531. The van der Waals surface area contributed by atoms with Crippen molar-refractivity contribution in [2.45, 2.75) is 65.6 Å². The molecule has 5 N–H and O–H groups in total. The zero-order valence-electron chi connectivity index (χ0n) is 14.2. The van der Waals surface area contributed by atoms with E-state index in [0.29, 0.717) is 19.4 Å². The van der Waals surface area contributed by atoms with E-state index in [9.17, 15) is 14.4 Å². The molecule has 0 aromatic heterocycles. The number of nitrogens with one attached hydrogen (secondary N) is 3. The van der Waals surface area contributed by atoms with E-state index in [1.807, 2.05) is 27.7 Å². The summed E-state index contributed by atoms with van der Waals surface area (Å²) in [6.45, 7) is 9.59. The molecule has 0 rings (SSSR count). The van der Waals surface area contributed by atoms with Gasteiger partial charge in [0.1, 0.15) is 0 Å². The van der Waals surface area contributed by atoms with Crippen LogP contribution in [0.5, 0.6) is 0 Å². The van der Waals surface area contributed by atoms with Crippen molar-refractivity contribution in [3.8, 4) is 0 Å². The van der Waals surface area contributed by atoms with Crippen LogP contribution in [0, 0.1) is 5.92 Å². The van der Waals surface area contributed by atoms with Crippen LogP contribution in [0.1, 0.15) is 47.5 Å². The van der Waals surface area contributed by atoms with Crippen molar-refractivity contribution in [3.05, 3.63) is 0 Å². The molecule has 0 saturated heterocycles. The minimum Gasteiger partial charge on any atom is -0.352 e. The molecule has 128 valence electrons. The van der Waals surface area contributed by atoms with Gasteiger partial charge >= 0.3 is 6.03 Å². The van der Waals surface area contributed by atoms with Crippen LogP contribution in [-0.4, -0.2) is 42.4 Å². The molecule has 22 heavy (non-hydrogen) atoms. The molecule has 3 amide bonds. The van der Waals surface area contributed by atoms with Gasteiger partial charge in [-0.25, -0.2) is 4.79 Å². The lowest BCUT2D eigenvalue weighted by molar-refractivity contribution is -0.129. The Labute approximate surface area is 132 Å². The maximum Gasteiger partial charge on any atom is 0.312 e. The second-order valence-electron chi connectivity index (χ2n) is 6.15. The number of ketones is 1. The Morgan fingerprint density at radius 3 is 2.09 bits per heavy atom. The summed E-state index contributed by atoms with van der Waals surface area (Å²) < 4.78 is 0. The zero-order chi connectivity index (χ0) is 17.3. The van der Waals surface area contributed by atoms with Crippen LogP contribution in [0.3, 0.4) is 0 Å². The average Bonchev–Trinajstić information content (AvgIpc) is 2.37. The van der Waals surface area contributed by atoms with Crippen LogP contribution in [0.25, 0.3) is 0 Å². The topological polar surface area (TPSA) is 113 Å². The molecular formula is C15H30N4O3. The van der Waals surface area contributed by atoms with Gasteiger partial charge in [-0.15, -0.1) is 0 Å². The Kier molecular flexibility index (Phi) is 9.40. The Bertz CT molecular complexity index is 383. The largest absolute Gasteiger partial charge is 0.352 e. The number of nitrogens with two attached hydrogens (primary N) is 1. The van der Waals surface area contributed by atoms with E-state index >= 15 is 0 Å². The van der Waals surface area contributed by atoms with E-state index < -0.39 is 18.1 Å². The highest BCUT2D eigenvalue weighted by Crippen LogP contribution is 2.05. The number of Topliss-reactive ketones (excluding diaryl/α,β-unsaturated/α-hetero) is 1. The van der Waals surface area contributed by atoms with Gasteiger partial charge in [0.2, 0.25) is 5.91 Å². The van der Waals surface area contributed by atoms with Crippen LogP contribution in [-0.2, 0) is 9.59 Å². The number of amides is 3. The standard InChI is InChI=1S/C15H30N4O3/c1-9(2)13(11(5)20)19-14(21)12(18-10(3)4)7-6-8-17-15(16)22/h9-10,12-13,18H,6-8H2,1-5H3,(H,19,21)(H3,16,17,22)/t12-,13-/m0/s1. The van der Waals surface area contributed by atoms with E-state index in [1.165, 1.54) is 6.92 Å². The molecule has 0 aliphatic heterocycles. The summed E-state index contributed by atoms with van der Waals surface area (Å²) in [6.07, 6.45) is 1.17. The van der Waals surface area contributed by atoms with Crippen molar-refractivity contribution in [1.29, 1.82) is 0 Å². The van der Waals surface area contributed by atoms with Crippen molar-refractivity contribution >= 4 is 17.7 Å². The molecule has 7 nitrogen and oxygen atoms in total. The summed E-state index contributed by atoms with van der Waals surface area (Å²) in [7, 11) is 0. The molecule has 0 heterocycles. The van der Waals surface area contributed by atoms with Gasteiger partial charge in [-0.1, -0.05) is 27.7 Å². The van der Waals surface area contributed by atoms with E-state index in [4.69, 9.17) is 5.73 Å². The number of urea groups is 1. The SMILES string of the molecule is CC(=O)[C@@H](NC(=O)[C@H](CCCNC(N)=O)NC(C)C)C(C)C. The van der Waals surface area contributed by atoms with E-state index in [1.54, 1.807) is 0 Å². The molecule has 0 fully saturated rings. The molecule has 0 radical (unpaired) electrons. The first-order chi connectivity index (χ1) is 10.1. The quantitative estimate of drug-likeness (QED) is 0.440. The minimum absolute atomic E-state index is 0.0395. The molecular weight excluding hydrogens is 284 g/mol. The first kappa shape index (κ1) is 20.4. The summed E-state index contributed by atoms with van der Waals surface area (Å²) in [5.41, 5.74) is 5.00. The van der Waals surface area contributed by atoms with Gasteiger partial charge in [-0.3, -0.25) is 9.59 Å². The molecule has 0 spiro atoms. The summed E-state index contributed by atoms with van der Waals surface area (Å²) in [4.78, 5) is 34.6. The van der Waals surface area contributed by atoms with Crippen LogP contribution in [0.15, 0.2) is 0 Å². The first-order valence-corrected chi connectivity index (χ1v) is 7.75. The number of rotatable bonds is 10. The van der Waals surface area contributed by atoms with Gasteiger partial charge in [-0.2, -0.15) is 0 Å². The smallest absolute Gasteiger partial charge is 0.312 e. The third-order valence-corrected chi connectivity index (χ3v) is 3.22. The van der Waals surface area contributed by atoms with Gasteiger partial charge in [0.05, 0.1) is 12.1 Å². The second-order valence-corrected chi connectivity index (χ2v) is 6.15. The molecule has 2 atom stereocenters. The highest BCUT2D eigenvalue weighted by Gasteiger charge is 2.25. The molecule has 0 aliphatic carbocycles. The summed E-state index contributed by atoms with van der Waals surface area (Å²) >= 11 is 0. The van der Waals surface area contributed by atoms with Gasteiger partial charge in [0.25, 0.3) is 0 Å². The van der Waals surface area contributed by atoms with Gasteiger partial charge in [0, 0.05) is 12.6 Å². The van der Waals surface area contributed by atoms with Gasteiger partial charge in [-0.05, 0) is 25.7 Å². The molecule has 0 aromatic rings. The predicted molar refractivity (Wildman–Crippen MR) is 86.3 cm³/mol. The maximum atomic E-state index is 12.4. The van der Waals surface area contributed by atoms with Crippen molar-refractivity contribution in [1.82, 2.24) is 16.0 Å². The Morgan fingerprint density at radius 1 is 1.09 bits per heavy atom. The number of hydrogen-bond donors (Lipinski definition) is 4. The third-order valence-electron chi connectivity index (χ3n) is 3.22. The fourth-order valence-corrected chi connectivity index (χ4v) is 2.20. The minimum atomic E-state index is -0.575. The van der Waals surface area contributed by atoms with E-state index in [2.05, 4.69) is 16.0 Å². The highest BCUT2D eigenvalue weighted by atomic mass is 16.2. The molecule has 0 aliphatic rings. The average molecular weight is 314 g/mol. The summed E-state index contributed by atoms with van der Waals surface area (Å²) in [5, 5.41) is 8.49. The van der Waals surface area contributed by atoms with Crippen molar-refractivity contribution in [2.24, 2.45) is 11.7 Å². The molecule has 0 unspecified atom stereocenters. The van der Waals surface area contributed by atoms with Crippen LogP contribution in [0.2, 0.25) is 0 Å². The Balaban J connectivity index is 4.61. The van der Waals surface area contributed by atoms with E-state index in [-0.39, 0.29) is 23.7 Å². The number of carbonyl (C=O) groups excluding carboxylic acids is 3. The van der Waals surface area contributed by atoms with Crippen LogP contribution >= 0.6 is 0 Å². The lowest BCUT2D eigenvalue weighted by Gasteiger charge is -2.25. The first-order valence-electron chi connectivity index (χ1n) is 7.75. The summed E-state index contributed by atoms with van der Waals surface area (Å²) in [6, 6.07) is -1.33. The highest BCUT2D eigenvalue weighted by molar-refractivity contribution is 5.89. The Hall–Kier alpha value is -1.63. The zero-order valence-corrected chi connectivity index (χ0v) is 14.2. The molecule has 0 saturated carbocycles. The molecule has 0 bridgehead atoms. The van der Waals surface area contributed by atoms with Crippen molar-refractivity contribution in [2.75, 3.05) is 6.54 Å². The molecule has 7 heteroatoms. The van der Waals surface area contributed by atoms with Crippen LogP contribution in [0.4, 0.5) is 4.79 Å². The molecule has 0 aromatic carbocycles. The fraction of sp³-hybridized carbons (Fsp3) is 0.800. The van der Waals surface area contributed by atoms with E-state index in [0.717, 1.165) is 0 Å². The maximum absolute atomic E-state index is 12.4. The Morgan fingerprint density at radius 2 is 1.68 bits per heavy atom. The normalized spacial score (nSPS) is 13.8. The van der Waals surface area contributed by atoms with Crippen molar-refractivity contribution in [3.63, 3.8) is 0 Å². The summed E-state index contributed by atoms with van der Waals surface area (Å²) in [5.74, 6) is -0.207. The lowest BCUT2D eigenvalue weighted by atomic mass is 9.99. The second kappa shape index (κ2) is 10.2. The number of hydrogen-bond acceptors (Lipinski definition) is 4. The van der Waals surface area contributed by atoms with Gasteiger partial charge < -0.3 is 21.7 Å².